The molecule has 0 bridgehead atoms. The van der Waals surface area contributed by atoms with E-state index in [4.69, 9.17) is 7.85 Å². The van der Waals surface area contributed by atoms with Crippen LogP contribution < -0.4 is 5.46 Å². The first-order valence-corrected chi connectivity index (χ1v) is 9.57. The molecule has 118 valence electrons. The Labute approximate surface area is 156 Å². The largest absolute Gasteiger partial charge is 0.134 e. The molecule has 0 aliphatic carbocycles. The van der Waals surface area contributed by atoms with Gasteiger partial charge in [-0.05, 0) is 26.9 Å². The van der Waals surface area contributed by atoms with Crippen LogP contribution in [0.3, 0.4) is 0 Å². The molecule has 0 fully saturated rings. The summed E-state index contributed by atoms with van der Waals surface area (Å²) in [7, 11) is 6.43. The molecule has 0 aliphatic heterocycles. The molecule has 2 heteroatoms. The monoisotopic (exact) mass is 344 g/mol. The molecule has 0 unspecified atom stereocenters. The van der Waals surface area contributed by atoms with Gasteiger partial charge in [0.2, 0.25) is 0 Å². The van der Waals surface area contributed by atoms with Gasteiger partial charge >= 0.3 is 0 Å². The van der Waals surface area contributed by atoms with Crippen molar-refractivity contribution in [3.63, 3.8) is 0 Å². The van der Waals surface area contributed by atoms with Crippen LogP contribution in [0.2, 0.25) is 0 Å². The number of thiophene rings is 1. The summed E-state index contributed by atoms with van der Waals surface area (Å²) >= 11 is 1.89. The lowest BCUT2D eigenvalue weighted by atomic mass is 9.87. The van der Waals surface area contributed by atoms with Crippen LogP contribution in [0.5, 0.6) is 0 Å². The molecule has 0 amide bonds. The van der Waals surface area contributed by atoms with Gasteiger partial charge in [-0.15, -0.1) is 11.3 Å². The third kappa shape index (κ3) is 1.75. The van der Waals surface area contributed by atoms with Crippen molar-refractivity contribution in [1.82, 2.24) is 0 Å². The van der Waals surface area contributed by atoms with Gasteiger partial charge in [-0.3, -0.25) is 0 Å². The molecule has 5 aromatic carbocycles. The Balaban J connectivity index is 2.02. The molecule has 0 saturated carbocycles. The number of hydrogen-bond acceptors (Lipinski definition) is 1. The van der Waals surface area contributed by atoms with E-state index in [-0.39, 0.29) is 0 Å². The second-order valence-electron chi connectivity index (χ2n) is 6.79. The lowest BCUT2D eigenvalue weighted by Gasteiger charge is -2.08. The highest BCUT2D eigenvalue weighted by Gasteiger charge is 2.15. The van der Waals surface area contributed by atoms with Gasteiger partial charge in [0.25, 0.3) is 0 Å². The Morgan fingerprint density at radius 3 is 1.69 bits per heavy atom. The summed E-state index contributed by atoms with van der Waals surface area (Å²) in [5.74, 6) is 0. The highest BCUT2D eigenvalue weighted by Crippen LogP contribution is 2.45. The van der Waals surface area contributed by atoms with Crippen LogP contribution in [0.4, 0.5) is 0 Å². The van der Waals surface area contributed by atoms with Gasteiger partial charge in [0.15, 0.2) is 0 Å². The summed E-state index contributed by atoms with van der Waals surface area (Å²) in [5.41, 5.74) is 0.852. The molecule has 6 aromatic rings. The van der Waals surface area contributed by atoms with E-state index in [0.717, 1.165) is 10.8 Å². The molecule has 0 N–H and O–H groups in total. The van der Waals surface area contributed by atoms with Crippen LogP contribution in [0.25, 0.3) is 52.5 Å². The Bertz CT molecular complexity index is 1490. The molecule has 1 aromatic heterocycles. The first kappa shape index (κ1) is 14.3. The summed E-state index contributed by atoms with van der Waals surface area (Å²) in [5, 5.41) is 10.2. The topological polar surface area (TPSA) is 0 Å². The molecule has 26 heavy (non-hydrogen) atoms. The van der Waals surface area contributed by atoms with E-state index in [1.54, 1.807) is 0 Å². The molecule has 0 aliphatic rings. The molecule has 0 nitrogen and oxygen atoms in total. The minimum Gasteiger partial charge on any atom is -0.134 e. The van der Waals surface area contributed by atoms with Gasteiger partial charge in [0.1, 0.15) is 7.85 Å². The second kappa shape index (κ2) is 5.09. The summed E-state index contributed by atoms with van der Waals surface area (Å²) in [4.78, 5) is 0. The van der Waals surface area contributed by atoms with Gasteiger partial charge in [0.05, 0.1) is 0 Å². The fourth-order valence-corrected chi connectivity index (χ4v) is 5.63. The van der Waals surface area contributed by atoms with Crippen LogP contribution in [0.15, 0.2) is 78.9 Å². The van der Waals surface area contributed by atoms with Gasteiger partial charge in [-0.2, -0.15) is 0 Å². The zero-order valence-corrected chi connectivity index (χ0v) is 14.8. The number of benzene rings is 5. The molecule has 0 spiro atoms. The van der Waals surface area contributed by atoms with E-state index in [9.17, 15) is 0 Å². The molecule has 0 saturated heterocycles. The predicted molar refractivity (Wildman–Crippen MR) is 117 cm³/mol. The summed E-state index contributed by atoms with van der Waals surface area (Å²) < 4.78 is 2.68. The smallest absolute Gasteiger partial charge is 0.114 e. The minimum absolute atomic E-state index is 0.852. The van der Waals surface area contributed by atoms with Crippen molar-refractivity contribution >= 4 is 77.1 Å². The SMILES string of the molecule is [B]c1cc2c(sc3c4ccccc4c4ccccc4c23)c2ccccc12. The number of hydrogen-bond donors (Lipinski definition) is 0. The normalized spacial score (nSPS) is 12.0. The van der Waals surface area contributed by atoms with Crippen molar-refractivity contribution in [1.29, 1.82) is 0 Å². The average molecular weight is 344 g/mol. The van der Waals surface area contributed by atoms with E-state index in [1.807, 2.05) is 11.3 Å². The molecule has 1 heterocycles. The molecular weight excluding hydrogens is 331 g/mol. The quantitative estimate of drug-likeness (QED) is 0.224. The highest BCUT2D eigenvalue weighted by atomic mass is 32.1. The maximum Gasteiger partial charge on any atom is 0.114 e. The van der Waals surface area contributed by atoms with Crippen molar-refractivity contribution in [2.75, 3.05) is 0 Å². The average Bonchev–Trinajstić information content (AvgIpc) is 3.08. The van der Waals surface area contributed by atoms with E-state index < -0.39 is 0 Å². The van der Waals surface area contributed by atoms with Gasteiger partial charge in [-0.1, -0.05) is 84.3 Å². The van der Waals surface area contributed by atoms with Crippen LogP contribution in [0.1, 0.15) is 0 Å². The first-order chi connectivity index (χ1) is 12.8. The first-order valence-electron chi connectivity index (χ1n) is 8.76. The van der Waals surface area contributed by atoms with Crippen molar-refractivity contribution in [3.05, 3.63) is 78.9 Å². The third-order valence-corrected chi connectivity index (χ3v) is 6.66. The standard InChI is InChI=1S/C24H13BS/c25-21-13-20-22-17-10-4-1-7-14(17)15-8-2-5-11-18(15)24(22)26-23(20)19-12-6-3-9-16(19)21/h1-13H. The van der Waals surface area contributed by atoms with Crippen molar-refractivity contribution < 1.29 is 0 Å². The molecule has 0 atom stereocenters. The minimum atomic E-state index is 0.852. The fraction of sp³-hybridized carbons (Fsp3) is 0. The van der Waals surface area contributed by atoms with Crippen LogP contribution in [0, 0.1) is 0 Å². The molecule has 2 radical (unpaired) electrons. The van der Waals surface area contributed by atoms with Gasteiger partial charge < -0.3 is 0 Å². The Morgan fingerprint density at radius 1 is 0.500 bits per heavy atom. The van der Waals surface area contributed by atoms with E-state index >= 15 is 0 Å². The van der Waals surface area contributed by atoms with Gasteiger partial charge in [-0.25, -0.2) is 0 Å². The number of fused-ring (bicyclic) bond motifs is 10. The molecule has 6 rings (SSSR count). The van der Waals surface area contributed by atoms with Crippen LogP contribution in [-0.2, 0) is 0 Å². The highest BCUT2D eigenvalue weighted by molar-refractivity contribution is 7.27. The van der Waals surface area contributed by atoms with Crippen LogP contribution >= 0.6 is 11.3 Å². The summed E-state index contributed by atoms with van der Waals surface area (Å²) in [6.07, 6.45) is 0. The van der Waals surface area contributed by atoms with Crippen molar-refractivity contribution in [3.8, 4) is 0 Å². The lowest BCUT2D eigenvalue weighted by Crippen LogP contribution is -2.02. The predicted octanol–water partition coefficient (Wildman–Crippen LogP) is 6.31. The maximum atomic E-state index is 6.43. The zero-order chi connectivity index (χ0) is 17.3. The molecular formula is C24H13BS. The van der Waals surface area contributed by atoms with Gasteiger partial charge in [0, 0.05) is 25.6 Å². The Kier molecular flexibility index (Phi) is 2.81. The third-order valence-electron chi connectivity index (χ3n) is 5.39. The zero-order valence-electron chi connectivity index (χ0n) is 14.0. The van der Waals surface area contributed by atoms with E-state index in [2.05, 4.69) is 78.9 Å². The van der Waals surface area contributed by atoms with E-state index in [1.165, 1.54) is 47.1 Å². The van der Waals surface area contributed by atoms with Crippen molar-refractivity contribution in [2.24, 2.45) is 0 Å². The van der Waals surface area contributed by atoms with Crippen molar-refractivity contribution in [2.45, 2.75) is 0 Å². The summed E-state index contributed by atoms with van der Waals surface area (Å²) in [6.45, 7) is 0. The Morgan fingerprint density at radius 2 is 1.00 bits per heavy atom. The number of rotatable bonds is 0. The lowest BCUT2D eigenvalue weighted by molar-refractivity contribution is 1.81. The summed E-state index contributed by atoms with van der Waals surface area (Å²) in [6, 6.07) is 28.1. The second-order valence-corrected chi connectivity index (χ2v) is 7.81. The van der Waals surface area contributed by atoms with Crippen LogP contribution in [-0.4, -0.2) is 7.85 Å². The van der Waals surface area contributed by atoms with E-state index in [0.29, 0.717) is 0 Å². The maximum absolute atomic E-state index is 6.43. The Hall–Kier alpha value is -2.84. The fourth-order valence-electron chi connectivity index (χ4n) is 4.26.